The summed E-state index contributed by atoms with van der Waals surface area (Å²) >= 11 is 0. The lowest BCUT2D eigenvalue weighted by molar-refractivity contribution is -0.147. The third-order valence-corrected chi connectivity index (χ3v) is 4.89. The third-order valence-electron chi connectivity index (χ3n) is 4.89. The zero-order chi connectivity index (χ0) is 25.3. The van der Waals surface area contributed by atoms with E-state index < -0.39 is 78.5 Å². The van der Waals surface area contributed by atoms with E-state index in [1.54, 1.807) is 0 Å². The molecule has 1 aliphatic heterocycles. The van der Waals surface area contributed by atoms with Crippen LogP contribution in [-0.4, -0.2) is 87.3 Å². The number of hydrogen-bond acceptors (Lipinski definition) is 8. The van der Waals surface area contributed by atoms with Crippen LogP contribution in [0.2, 0.25) is 0 Å². The normalized spacial score (nSPS) is 18.0. The molecular weight excluding hydrogens is 444 g/mol. The van der Waals surface area contributed by atoms with Gasteiger partial charge < -0.3 is 42.9 Å². The van der Waals surface area contributed by atoms with Gasteiger partial charge in [0, 0.05) is 13.0 Å². The van der Waals surface area contributed by atoms with Gasteiger partial charge in [-0.1, -0.05) is 0 Å². The fourth-order valence-corrected chi connectivity index (χ4v) is 3.25. The molecule has 0 aromatic rings. The van der Waals surface area contributed by atoms with Gasteiger partial charge >= 0.3 is 11.9 Å². The van der Waals surface area contributed by atoms with Gasteiger partial charge in [0.1, 0.15) is 18.1 Å². The molecule has 0 aliphatic carbocycles. The van der Waals surface area contributed by atoms with Crippen molar-refractivity contribution in [2.45, 2.75) is 62.7 Å². The molecule has 0 aromatic heterocycles. The Morgan fingerprint density at radius 1 is 0.939 bits per heavy atom. The second-order valence-electron chi connectivity index (χ2n) is 7.53. The first kappa shape index (κ1) is 27.3. The number of carboxylic acids is 2. The molecule has 15 nitrogen and oxygen atoms in total. The average molecular weight is 472 g/mol. The van der Waals surface area contributed by atoms with E-state index in [-0.39, 0.29) is 25.8 Å². The first-order valence-corrected chi connectivity index (χ1v) is 10.0. The predicted octanol–water partition coefficient (Wildman–Crippen LogP) is -4.03. The maximum atomic E-state index is 13.0. The lowest BCUT2D eigenvalue weighted by Gasteiger charge is -2.29. The van der Waals surface area contributed by atoms with Crippen molar-refractivity contribution in [3.8, 4) is 0 Å². The summed E-state index contributed by atoms with van der Waals surface area (Å²) in [4.78, 5) is 83.2. The second kappa shape index (κ2) is 12.3. The average Bonchev–Trinajstić information content (AvgIpc) is 3.19. The van der Waals surface area contributed by atoms with Gasteiger partial charge in [-0.2, -0.15) is 0 Å². The van der Waals surface area contributed by atoms with E-state index in [9.17, 15) is 33.6 Å². The molecule has 5 amide bonds. The van der Waals surface area contributed by atoms with E-state index in [2.05, 4.69) is 10.6 Å². The number of carboxylic acid groups (broad SMARTS) is 2. The van der Waals surface area contributed by atoms with Crippen LogP contribution in [-0.2, 0) is 33.6 Å². The first-order chi connectivity index (χ1) is 15.3. The zero-order valence-electron chi connectivity index (χ0n) is 17.7. The van der Waals surface area contributed by atoms with Crippen LogP contribution in [0.1, 0.15) is 38.5 Å². The SMILES string of the molecule is NC(=O)CCC(N)C(=O)NC(CC(=O)O)C(=O)N1CCCC1C(=O)NC(CC(N)=O)C(=O)O. The number of nitrogens with one attached hydrogen (secondary N) is 2. The van der Waals surface area contributed by atoms with Crippen molar-refractivity contribution in [2.24, 2.45) is 17.2 Å². The number of nitrogens with two attached hydrogens (primary N) is 3. The molecule has 184 valence electrons. The minimum absolute atomic E-state index is 0.0458. The summed E-state index contributed by atoms with van der Waals surface area (Å²) in [6.07, 6.45) is -1.30. The Labute approximate surface area is 188 Å². The van der Waals surface area contributed by atoms with Gasteiger partial charge in [0.15, 0.2) is 0 Å². The van der Waals surface area contributed by atoms with E-state index >= 15 is 0 Å². The smallest absolute Gasteiger partial charge is 0.326 e. The molecule has 1 fully saturated rings. The number of primary amides is 2. The molecule has 0 aromatic carbocycles. The molecule has 1 aliphatic rings. The van der Waals surface area contributed by atoms with Crippen LogP contribution < -0.4 is 27.8 Å². The van der Waals surface area contributed by atoms with Crippen LogP contribution in [0.4, 0.5) is 0 Å². The highest BCUT2D eigenvalue weighted by Crippen LogP contribution is 2.20. The Morgan fingerprint density at radius 3 is 2.09 bits per heavy atom. The highest BCUT2D eigenvalue weighted by molar-refractivity contribution is 5.96. The number of hydrogen-bond donors (Lipinski definition) is 7. The Morgan fingerprint density at radius 2 is 1.58 bits per heavy atom. The zero-order valence-corrected chi connectivity index (χ0v) is 17.7. The Bertz CT molecular complexity index is 817. The molecule has 10 N–H and O–H groups in total. The van der Waals surface area contributed by atoms with Gasteiger partial charge in [0.05, 0.1) is 18.9 Å². The quantitative estimate of drug-likeness (QED) is 0.136. The van der Waals surface area contributed by atoms with Gasteiger partial charge in [-0.25, -0.2) is 4.79 Å². The highest BCUT2D eigenvalue weighted by atomic mass is 16.4. The van der Waals surface area contributed by atoms with Gasteiger partial charge in [-0.15, -0.1) is 0 Å². The van der Waals surface area contributed by atoms with E-state index in [0.29, 0.717) is 6.42 Å². The minimum Gasteiger partial charge on any atom is -0.481 e. The number of aliphatic carboxylic acids is 2. The number of nitrogens with zero attached hydrogens (tertiary/aromatic N) is 1. The molecule has 15 heteroatoms. The van der Waals surface area contributed by atoms with Crippen LogP contribution in [0.25, 0.3) is 0 Å². The topological polar surface area (TPSA) is 265 Å². The minimum atomic E-state index is -1.61. The summed E-state index contributed by atoms with van der Waals surface area (Å²) in [6, 6.07) is -5.55. The number of likely N-dealkylation sites (tertiary alicyclic amines) is 1. The molecule has 0 bridgehead atoms. The molecule has 0 radical (unpaired) electrons. The number of carbonyl (C=O) groups is 7. The maximum Gasteiger partial charge on any atom is 0.326 e. The van der Waals surface area contributed by atoms with Gasteiger partial charge in [-0.05, 0) is 19.3 Å². The lowest BCUT2D eigenvalue weighted by atomic mass is 10.1. The molecule has 33 heavy (non-hydrogen) atoms. The third kappa shape index (κ3) is 8.72. The lowest BCUT2D eigenvalue weighted by Crippen LogP contribution is -2.57. The summed E-state index contributed by atoms with van der Waals surface area (Å²) in [6.45, 7) is 0.0458. The predicted molar refractivity (Wildman–Crippen MR) is 109 cm³/mol. The highest BCUT2D eigenvalue weighted by Gasteiger charge is 2.40. The molecule has 4 atom stereocenters. The van der Waals surface area contributed by atoms with Crippen molar-refractivity contribution < 1.29 is 43.8 Å². The number of rotatable bonds is 13. The fraction of sp³-hybridized carbons (Fsp3) is 0.611. The van der Waals surface area contributed by atoms with Crippen LogP contribution >= 0.6 is 0 Å². The van der Waals surface area contributed by atoms with Crippen LogP contribution in [0.5, 0.6) is 0 Å². The standard InChI is InChI=1S/C18H28N6O9/c19-8(3-4-12(20)25)15(29)22-9(7-14(27)28)17(31)24-5-1-2-11(24)16(30)23-10(18(32)33)6-13(21)26/h8-11H,1-7,19H2,(H2,20,25)(H2,21,26)(H,22,29)(H,23,30)(H,27,28)(H,32,33). The largest absolute Gasteiger partial charge is 0.481 e. The van der Waals surface area contributed by atoms with Gasteiger partial charge in [-0.3, -0.25) is 28.8 Å². The van der Waals surface area contributed by atoms with Crippen molar-refractivity contribution in [3.63, 3.8) is 0 Å². The Hall–Kier alpha value is -3.75. The Kier molecular flexibility index (Phi) is 10.2. The summed E-state index contributed by atoms with van der Waals surface area (Å²) in [7, 11) is 0. The van der Waals surface area contributed by atoms with Crippen molar-refractivity contribution >= 4 is 41.5 Å². The molecule has 1 heterocycles. The summed E-state index contributed by atoms with van der Waals surface area (Å²) in [5.74, 6) is -7.20. The summed E-state index contributed by atoms with van der Waals surface area (Å²) < 4.78 is 0. The molecular formula is C18H28N6O9. The fourth-order valence-electron chi connectivity index (χ4n) is 3.25. The van der Waals surface area contributed by atoms with E-state index in [1.807, 2.05) is 0 Å². The van der Waals surface area contributed by atoms with Crippen molar-refractivity contribution in [1.82, 2.24) is 15.5 Å². The van der Waals surface area contributed by atoms with E-state index in [4.69, 9.17) is 27.4 Å². The van der Waals surface area contributed by atoms with Crippen LogP contribution in [0, 0.1) is 0 Å². The molecule has 1 rings (SSSR count). The maximum absolute atomic E-state index is 13.0. The number of amides is 5. The molecule has 0 saturated carbocycles. The van der Waals surface area contributed by atoms with Gasteiger partial charge in [0.25, 0.3) is 0 Å². The number of carbonyl (C=O) groups excluding carboxylic acids is 5. The van der Waals surface area contributed by atoms with Crippen molar-refractivity contribution in [1.29, 1.82) is 0 Å². The van der Waals surface area contributed by atoms with Crippen molar-refractivity contribution in [2.75, 3.05) is 6.54 Å². The molecule has 4 unspecified atom stereocenters. The molecule has 0 spiro atoms. The second-order valence-corrected chi connectivity index (χ2v) is 7.53. The Balaban J connectivity index is 2.95. The molecule has 1 saturated heterocycles. The van der Waals surface area contributed by atoms with E-state index in [1.165, 1.54) is 0 Å². The van der Waals surface area contributed by atoms with Crippen LogP contribution in [0.15, 0.2) is 0 Å². The van der Waals surface area contributed by atoms with Crippen LogP contribution in [0.3, 0.4) is 0 Å². The summed E-state index contributed by atoms with van der Waals surface area (Å²) in [5.41, 5.74) is 15.6. The monoisotopic (exact) mass is 472 g/mol. The van der Waals surface area contributed by atoms with Crippen molar-refractivity contribution in [3.05, 3.63) is 0 Å². The van der Waals surface area contributed by atoms with Gasteiger partial charge in [0.2, 0.25) is 29.5 Å². The first-order valence-electron chi connectivity index (χ1n) is 10.0. The summed E-state index contributed by atoms with van der Waals surface area (Å²) in [5, 5.41) is 22.6. The van der Waals surface area contributed by atoms with E-state index in [0.717, 1.165) is 4.90 Å².